The van der Waals surface area contributed by atoms with Crippen LogP contribution in [0.5, 0.6) is 0 Å². The fourth-order valence-corrected chi connectivity index (χ4v) is 4.99. The maximum absolute atomic E-state index is 6.24. The summed E-state index contributed by atoms with van der Waals surface area (Å²) in [7, 11) is 0. The fraction of sp³-hybridized carbons (Fsp3) is 0.667. The first-order valence-corrected chi connectivity index (χ1v) is 8.39. The summed E-state index contributed by atoms with van der Waals surface area (Å²) in [5, 5.41) is 4.49. The highest BCUT2D eigenvalue weighted by Gasteiger charge is 2.52. The van der Waals surface area contributed by atoms with Crippen molar-refractivity contribution in [3.63, 3.8) is 0 Å². The van der Waals surface area contributed by atoms with Crippen LogP contribution in [0.15, 0.2) is 24.3 Å². The fourth-order valence-electron chi connectivity index (χ4n) is 4.79. The molecule has 0 aromatic heterocycles. The van der Waals surface area contributed by atoms with Gasteiger partial charge in [-0.1, -0.05) is 50.4 Å². The van der Waals surface area contributed by atoms with Gasteiger partial charge in [-0.15, -0.1) is 0 Å². The first-order valence-electron chi connectivity index (χ1n) is 8.01. The summed E-state index contributed by atoms with van der Waals surface area (Å²) in [5.74, 6) is 0.602. The Kier molecular flexibility index (Phi) is 3.85. The normalized spacial score (nSPS) is 33.2. The smallest absolute Gasteiger partial charge is 0.0408 e. The zero-order chi connectivity index (χ0) is 14.2. The Morgan fingerprint density at radius 3 is 2.70 bits per heavy atom. The average Bonchev–Trinajstić information content (AvgIpc) is 2.43. The Labute approximate surface area is 128 Å². The van der Waals surface area contributed by atoms with Gasteiger partial charge in [-0.3, -0.25) is 0 Å². The van der Waals surface area contributed by atoms with Crippen molar-refractivity contribution in [3.05, 3.63) is 34.9 Å². The molecule has 2 heteroatoms. The number of piperidine rings is 1. The van der Waals surface area contributed by atoms with Gasteiger partial charge in [-0.25, -0.2) is 0 Å². The second-order valence-electron chi connectivity index (χ2n) is 7.31. The van der Waals surface area contributed by atoms with Crippen LogP contribution in [0.3, 0.4) is 0 Å². The van der Waals surface area contributed by atoms with Gasteiger partial charge in [-0.2, -0.15) is 0 Å². The zero-order valence-corrected chi connectivity index (χ0v) is 13.5. The standard InChI is InChI=1S/C18H26ClN/c1-17(2)8-3-4-9-18(17)10-11-20-13-16(18)14-6-5-7-15(19)12-14/h5-7,12,16,20H,3-4,8-11,13H2,1-2H3. The summed E-state index contributed by atoms with van der Waals surface area (Å²) in [6.07, 6.45) is 6.82. The molecular weight excluding hydrogens is 266 g/mol. The number of halogens is 1. The third kappa shape index (κ3) is 2.29. The van der Waals surface area contributed by atoms with E-state index in [2.05, 4.69) is 37.4 Å². The summed E-state index contributed by atoms with van der Waals surface area (Å²) in [6.45, 7) is 7.26. The number of hydrogen-bond acceptors (Lipinski definition) is 1. The van der Waals surface area contributed by atoms with Crippen molar-refractivity contribution in [1.29, 1.82) is 0 Å². The van der Waals surface area contributed by atoms with Crippen LogP contribution >= 0.6 is 11.6 Å². The number of rotatable bonds is 1. The van der Waals surface area contributed by atoms with E-state index in [1.54, 1.807) is 0 Å². The van der Waals surface area contributed by atoms with Gasteiger partial charge in [0.05, 0.1) is 0 Å². The largest absolute Gasteiger partial charge is 0.316 e. The highest BCUT2D eigenvalue weighted by molar-refractivity contribution is 6.30. The van der Waals surface area contributed by atoms with Crippen molar-refractivity contribution >= 4 is 11.6 Å². The molecule has 110 valence electrons. The van der Waals surface area contributed by atoms with Gasteiger partial charge in [-0.05, 0) is 54.3 Å². The second-order valence-corrected chi connectivity index (χ2v) is 7.75. The molecule has 0 amide bonds. The quantitative estimate of drug-likeness (QED) is 0.767. The van der Waals surface area contributed by atoms with E-state index in [-0.39, 0.29) is 0 Å². The molecule has 1 aliphatic carbocycles. The van der Waals surface area contributed by atoms with Gasteiger partial charge >= 0.3 is 0 Å². The molecule has 1 aliphatic heterocycles. The van der Waals surface area contributed by atoms with Crippen molar-refractivity contribution < 1.29 is 0 Å². The summed E-state index contributed by atoms with van der Waals surface area (Å²) in [5.41, 5.74) is 2.31. The zero-order valence-electron chi connectivity index (χ0n) is 12.7. The van der Waals surface area contributed by atoms with Crippen LogP contribution in [0.4, 0.5) is 0 Å². The summed E-state index contributed by atoms with van der Waals surface area (Å²) in [4.78, 5) is 0. The number of hydrogen-bond donors (Lipinski definition) is 1. The van der Waals surface area contributed by atoms with E-state index in [0.29, 0.717) is 16.7 Å². The SMILES string of the molecule is CC1(C)CCCCC12CCNCC2c1cccc(Cl)c1. The van der Waals surface area contributed by atoms with Crippen molar-refractivity contribution in [2.75, 3.05) is 13.1 Å². The van der Waals surface area contributed by atoms with Crippen molar-refractivity contribution in [2.24, 2.45) is 10.8 Å². The molecule has 1 spiro atoms. The van der Waals surface area contributed by atoms with Crippen molar-refractivity contribution in [3.8, 4) is 0 Å². The van der Waals surface area contributed by atoms with E-state index in [1.165, 1.54) is 44.2 Å². The maximum Gasteiger partial charge on any atom is 0.0408 e. The molecule has 1 N–H and O–H groups in total. The molecule has 1 saturated heterocycles. The van der Waals surface area contributed by atoms with Crippen molar-refractivity contribution in [1.82, 2.24) is 5.32 Å². The summed E-state index contributed by atoms with van der Waals surface area (Å²) >= 11 is 6.24. The summed E-state index contributed by atoms with van der Waals surface area (Å²) in [6, 6.07) is 8.55. The lowest BCUT2D eigenvalue weighted by molar-refractivity contribution is -0.0320. The third-order valence-corrected chi connectivity index (χ3v) is 6.27. The maximum atomic E-state index is 6.24. The minimum absolute atomic E-state index is 0.431. The van der Waals surface area contributed by atoms with Crippen LogP contribution in [0.2, 0.25) is 5.02 Å². The molecular formula is C18H26ClN. The molecule has 2 fully saturated rings. The average molecular weight is 292 g/mol. The van der Waals surface area contributed by atoms with Crippen LogP contribution in [0.25, 0.3) is 0 Å². The van der Waals surface area contributed by atoms with Crippen LogP contribution in [0.1, 0.15) is 57.4 Å². The number of benzene rings is 1. The van der Waals surface area contributed by atoms with Gasteiger partial charge in [0.25, 0.3) is 0 Å². The minimum Gasteiger partial charge on any atom is -0.316 e. The van der Waals surface area contributed by atoms with E-state index in [1.807, 2.05) is 6.07 Å². The monoisotopic (exact) mass is 291 g/mol. The Hall–Kier alpha value is -0.530. The summed E-state index contributed by atoms with van der Waals surface area (Å²) < 4.78 is 0. The second kappa shape index (κ2) is 5.35. The van der Waals surface area contributed by atoms with Crippen LogP contribution < -0.4 is 5.32 Å². The molecule has 1 aromatic carbocycles. The van der Waals surface area contributed by atoms with Gasteiger partial charge in [0.1, 0.15) is 0 Å². The van der Waals surface area contributed by atoms with E-state index >= 15 is 0 Å². The first kappa shape index (κ1) is 14.4. The molecule has 2 unspecified atom stereocenters. The highest BCUT2D eigenvalue weighted by Crippen LogP contribution is 2.60. The molecule has 1 aromatic rings. The molecule has 1 nitrogen and oxygen atoms in total. The Bertz CT molecular complexity index is 476. The number of nitrogens with one attached hydrogen (secondary N) is 1. The Morgan fingerprint density at radius 2 is 1.95 bits per heavy atom. The molecule has 0 radical (unpaired) electrons. The first-order chi connectivity index (χ1) is 9.55. The van der Waals surface area contributed by atoms with E-state index in [4.69, 9.17) is 11.6 Å². The minimum atomic E-state index is 0.431. The lowest BCUT2D eigenvalue weighted by atomic mass is 9.49. The topological polar surface area (TPSA) is 12.0 Å². The third-order valence-electron chi connectivity index (χ3n) is 6.04. The Balaban J connectivity index is 2.02. The van der Waals surface area contributed by atoms with Crippen molar-refractivity contribution in [2.45, 2.75) is 51.9 Å². The molecule has 3 rings (SSSR count). The Morgan fingerprint density at radius 1 is 1.15 bits per heavy atom. The van der Waals surface area contributed by atoms with Gasteiger partial charge < -0.3 is 5.32 Å². The molecule has 2 aliphatic rings. The lowest BCUT2D eigenvalue weighted by Gasteiger charge is -2.57. The van der Waals surface area contributed by atoms with Gasteiger partial charge in [0, 0.05) is 17.5 Å². The lowest BCUT2D eigenvalue weighted by Crippen LogP contribution is -2.53. The molecule has 0 bridgehead atoms. The highest BCUT2D eigenvalue weighted by atomic mass is 35.5. The van der Waals surface area contributed by atoms with Gasteiger partial charge in [0.15, 0.2) is 0 Å². The molecule has 1 heterocycles. The molecule has 1 saturated carbocycles. The van der Waals surface area contributed by atoms with E-state index in [0.717, 1.165) is 11.6 Å². The predicted molar refractivity (Wildman–Crippen MR) is 86.4 cm³/mol. The van der Waals surface area contributed by atoms with Crippen LogP contribution in [-0.2, 0) is 0 Å². The molecule has 2 atom stereocenters. The molecule has 20 heavy (non-hydrogen) atoms. The van der Waals surface area contributed by atoms with Crippen LogP contribution in [0, 0.1) is 10.8 Å². The van der Waals surface area contributed by atoms with E-state index in [9.17, 15) is 0 Å². The van der Waals surface area contributed by atoms with E-state index < -0.39 is 0 Å². The van der Waals surface area contributed by atoms with Crippen LogP contribution in [-0.4, -0.2) is 13.1 Å². The van der Waals surface area contributed by atoms with Gasteiger partial charge in [0.2, 0.25) is 0 Å². The predicted octanol–water partition coefficient (Wildman–Crippen LogP) is 5.00.